The average Bonchev–Trinajstić information content (AvgIpc) is 2.79. The second kappa shape index (κ2) is 5.92. The van der Waals surface area contributed by atoms with Gasteiger partial charge in [-0.05, 0) is 50.1 Å². The van der Waals surface area contributed by atoms with E-state index >= 15 is 0 Å². The second-order valence-corrected chi connectivity index (χ2v) is 4.66. The summed E-state index contributed by atoms with van der Waals surface area (Å²) in [4.78, 5) is 2.54. The third-order valence-corrected chi connectivity index (χ3v) is 3.50. The van der Waals surface area contributed by atoms with Gasteiger partial charge in [-0.1, -0.05) is 6.92 Å². The average molecular weight is 234 g/mol. The van der Waals surface area contributed by atoms with Gasteiger partial charge in [0.25, 0.3) is 0 Å². The molecule has 2 N–H and O–H groups in total. The molecule has 17 heavy (non-hydrogen) atoms. The van der Waals surface area contributed by atoms with E-state index in [-0.39, 0.29) is 0 Å². The number of nitrogens with zero attached hydrogens (tertiary/aromatic N) is 1. The topological polar surface area (TPSA) is 38.5 Å². The fourth-order valence-electron chi connectivity index (χ4n) is 2.50. The van der Waals surface area contributed by atoms with Gasteiger partial charge in [0, 0.05) is 18.3 Å². The van der Waals surface area contributed by atoms with Gasteiger partial charge in [0.2, 0.25) is 0 Å². The van der Waals surface area contributed by atoms with Gasteiger partial charge in [0.05, 0.1) is 0 Å². The first kappa shape index (κ1) is 12.2. The molecule has 1 heterocycles. The lowest BCUT2D eigenvalue weighted by molar-refractivity contribution is 0.193. The number of anilines is 1. The van der Waals surface area contributed by atoms with Gasteiger partial charge in [0.15, 0.2) is 0 Å². The molecule has 1 unspecified atom stereocenters. The highest BCUT2D eigenvalue weighted by atomic mass is 16.5. The zero-order valence-corrected chi connectivity index (χ0v) is 10.6. The number of rotatable bonds is 5. The van der Waals surface area contributed by atoms with Crippen LogP contribution in [0.2, 0.25) is 0 Å². The normalized spacial score (nSPS) is 20.6. The van der Waals surface area contributed by atoms with Crippen LogP contribution < -0.4 is 10.5 Å². The van der Waals surface area contributed by atoms with Gasteiger partial charge in [0.1, 0.15) is 12.4 Å². The Balaban J connectivity index is 1.74. The van der Waals surface area contributed by atoms with E-state index in [1.807, 2.05) is 24.3 Å². The van der Waals surface area contributed by atoms with Crippen LogP contribution in [0.5, 0.6) is 5.75 Å². The van der Waals surface area contributed by atoms with Crippen LogP contribution in [-0.4, -0.2) is 30.6 Å². The maximum Gasteiger partial charge on any atom is 0.119 e. The summed E-state index contributed by atoms with van der Waals surface area (Å²) in [5.41, 5.74) is 6.41. The molecule has 1 aromatic carbocycles. The summed E-state index contributed by atoms with van der Waals surface area (Å²) >= 11 is 0. The first-order chi connectivity index (χ1) is 8.29. The summed E-state index contributed by atoms with van der Waals surface area (Å²) < 4.78 is 5.72. The zero-order valence-electron chi connectivity index (χ0n) is 10.6. The minimum Gasteiger partial charge on any atom is -0.492 e. The predicted octanol–water partition coefficient (Wildman–Crippen LogP) is 2.52. The Morgan fingerprint density at radius 2 is 2.12 bits per heavy atom. The molecule has 3 heteroatoms. The molecule has 0 amide bonds. The van der Waals surface area contributed by atoms with Crippen LogP contribution in [0, 0.1) is 0 Å². The molecule has 1 fully saturated rings. The molecule has 1 saturated heterocycles. The summed E-state index contributed by atoms with van der Waals surface area (Å²) in [6.07, 6.45) is 3.93. The lowest BCUT2D eigenvalue weighted by Crippen LogP contribution is -2.32. The van der Waals surface area contributed by atoms with E-state index in [4.69, 9.17) is 10.5 Å². The number of nitrogen functional groups attached to an aromatic ring is 1. The van der Waals surface area contributed by atoms with E-state index in [9.17, 15) is 0 Å². The molecule has 1 aliphatic heterocycles. The number of likely N-dealkylation sites (tertiary alicyclic amines) is 1. The van der Waals surface area contributed by atoms with Crippen molar-refractivity contribution in [2.45, 2.75) is 32.2 Å². The Kier molecular flexibility index (Phi) is 4.26. The summed E-state index contributed by atoms with van der Waals surface area (Å²) in [6.45, 7) is 5.29. The van der Waals surface area contributed by atoms with Crippen molar-refractivity contribution >= 4 is 5.69 Å². The Morgan fingerprint density at radius 3 is 2.82 bits per heavy atom. The third-order valence-electron chi connectivity index (χ3n) is 3.50. The SMILES string of the molecule is CCC1CCCN1CCOc1ccc(N)cc1. The largest absolute Gasteiger partial charge is 0.492 e. The molecule has 94 valence electrons. The first-order valence-electron chi connectivity index (χ1n) is 6.52. The van der Waals surface area contributed by atoms with E-state index in [1.165, 1.54) is 25.8 Å². The number of benzene rings is 1. The number of nitrogens with two attached hydrogens (primary N) is 1. The minimum absolute atomic E-state index is 0.764. The molecule has 1 aliphatic rings. The van der Waals surface area contributed by atoms with Crippen LogP contribution in [0.15, 0.2) is 24.3 Å². The van der Waals surface area contributed by atoms with Crippen molar-refractivity contribution in [3.63, 3.8) is 0 Å². The molecule has 3 nitrogen and oxygen atoms in total. The summed E-state index contributed by atoms with van der Waals surface area (Å²) in [6, 6.07) is 8.37. The van der Waals surface area contributed by atoms with Crippen LogP contribution in [0.1, 0.15) is 26.2 Å². The summed E-state index contributed by atoms with van der Waals surface area (Å²) in [5.74, 6) is 0.909. The Bertz CT molecular complexity index is 337. The first-order valence-corrected chi connectivity index (χ1v) is 6.52. The maximum atomic E-state index is 5.72. The quantitative estimate of drug-likeness (QED) is 0.796. The van der Waals surface area contributed by atoms with E-state index in [2.05, 4.69) is 11.8 Å². The molecule has 1 aromatic rings. The lowest BCUT2D eigenvalue weighted by Gasteiger charge is -2.23. The van der Waals surface area contributed by atoms with Crippen molar-refractivity contribution < 1.29 is 4.74 Å². The number of ether oxygens (including phenoxy) is 1. The Hall–Kier alpha value is -1.22. The summed E-state index contributed by atoms with van der Waals surface area (Å²) in [5, 5.41) is 0. The van der Waals surface area contributed by atoms with Gasteiger partial charge in [-0.2, -0.15) is 0 Å². The van der Waals surface area contributed by atoms with Crippen molar-refractivity contribution in [1.29, 1.82) is 0 Å². The molecule has 0 aromatic heterocycles. The second-order valence-electron chi connectivity index (χ2n) is 4.66. The molecule has 2 rings (SSSR count). The molecular formula is C14H22N2O. The van der Waals surface area contributed by atoms with Gasteiger partial charge in [-0.15, -0.1) is 0 Å². The van der Waals surface area contributed by atoms with Gasteiger partial charge < -0.3 is 10.5 Å². The molecule has 1 atom stereocenters. The maximum absolute atomic E-state index is 5.72. The summed E-state index contributed by atoms with van der Waals surface area (Å²) in [7, 11) is 0. The number of hydrogen-bond donors (Lipinski definition) is 1. The number of hydrogen-bond acceptors (Lipinski definition) is 3. The van der Waals surface area contributed by atoms with Crippen molar-refractivity contribution in [1.82, 2.24) is 4.90 Å². The molecule has 0 spiro atoms. The highest BCUT2D eigenvalue weighted by molar-refractivity contribution is 5.41. The zero-order chi connectivity index (χ0) is 12.1. The van der Waals surface area contributed by atoms with E-state index in [1.54, 1.807) is 0 Å². The minimum atomic E-state index is 0.764. The van der Waals surface area contributed by atoms with E-state index < -0.39 is 0 Å². The van der Waals surface area contributed by atoms with Gasteiger partial charge >= 0.3 is 0 Å². The molecule has 0 saturated carbocycles. The third kappa shape index (κ3) is 3.37. The van der Waals surface area contributed by atoms with Crippen molar-refractivity contribution in [2.24, 2.45) is 0 Å². The van der Waals surface area contributed by atoms with E-state index in [0.29, 0.717) is 0 Å². The standard InChI is InChI=1S/C14H22N2O/c1-2-13-4-3-9-16(13)10-11-17-14-7-5-12(15)6-8-14/h5-8,13H,2-4,9-11,15H2,1H3. The monoisotopic (exact) mass is 234 g/mol. The van der Waals surface area contributed by atoms with Crippen molar-refractivity contribution in [3.05, 3.63) is 24.3 Å². The smallest absolute Gasteiger partial charge is 0.119 e. The Labute approximate surface area is 104 Å². The van der Waals surface area contributed by atoms with Gasteiger partial charge in [-0.25, -0.2) is 0 Å². The van der Waals surface area contributed by atoms with Crippen molar-refractivity contribution in [2.75, 3.05) is 25.4 Å². The molecule has 0 bridgehead atoms. The highest BCUT2D eigenvalue weighted by Crippen LogP contribution is 2.19. The van der Waals surface area contributed by atoms with E-state index in [0.717, 1.165) is 30.6 Å². The lowest BCUT2D eigenvalue weighted by atomic mass is 10.2. The van der Waals surface area contributed by atoms with Crippen LogP contribution >= 0.6 is 0 Å². The van der Waals surface area contributed by atoms with Crippen molar-refractivity contribution in [3.8, 4) is 5.75 Å². The molecular weight excluding hydrogens is 212 g/mol. The fourth-order valence-corrected chi connectivity index (χ4v) is 2.50. The Morgan fingerprint density at radius 1 is 1.35 bits per heavy atom. The van der Waals surface area contributed by atoms with Crippen LogP contribution in [0.3, 0.4) is 0 Å². The van der Waals surface area contributed by atoms with Crippen LogP contribution in [0.4, 0.5) is 5.69 Å². The van der Waals surface area contributed by atoms with Crippen LogP contribution in [0.25, 0.3) is 0 Å². The fraction of sp³-hybridized carbons (Fsp3) is 0.571. The van der Waals surface area contributed by atoms with Gasteiger partial charge in [-0.3, -0.25) is 4.90 Å². The highest BCUT2D eigenvalue weighted by Gasteiger charge is 2.21. The predicted molar refractivity (Wildman–Crippen MR) is 71.2 cm³/mol. The molecule has 0 aliphatic carbocycles. The van der Waals surface area contributed by atoms with Crippen LogP contribution in [-0.2, 0) is 0 Å². The molecule has 0 radical (unpaired) electrons.